The van der Waals surface area contributed by atoms with Crippen molar-refractivity contribution in [1.82, 2.24) is 15.3 Å². The van der Waals surface area contributed by atoms with Crippen molar-refractivity contribution in [3.05, 3.63) is 65.3 Å². The molecule has 6 heteroatoms. The van der Waals surface area contributed by atoms with Crippen molar-refractivity contribution in [2.24, 2.45) is 0 Å². The van der Waals surface area contributed by atoms with Crippen LogP contribution in [0.5, 0.6) is 0 Å². The topological polar surface area (TPSA) is 58.1 Å². The van der Waals surface area contributed by atoms with Crippen LogP contribution in [0.2, 0.25) is 0 Å². The molecule has 0 saturated heterocycles. The van der Waals surface area contributed by atoms with Crippen LogP contribution in [0.1, 0.15) is 11.3 Å². The van der Waals surface area contributed by atoms with E-state index in [-0.39, 0.29) is 12.3 Å². The van der Waals surface area contributed by atoms with Crippen molar-refractivity contribution in [2.45, 2.75) is 13.0 Å². The number of hydrogen-bond donors (Lipinski definition) is 1. The molecule has 128 valence electrons. The highest BCUT2D eigenvalue weighted by Crippen LogP contribution is 2.23. The Labute approximate surface area is 151 Å². The number of aromatic nitrogens is 2. The number of pyridine rings is 1. The maximum Gasteiger partial charge on any atom is 0.226 e. The minimum absolute atomic E-state index is 0.0341. The van der Waals surface area contributed by atoms with Crippen molar-refractivity contribution >= 4 is 23.1 Å². The Morgan fingerprint density at radius 2 is 2.00 bits per heavy atom. The second kappa shape index (κ2) is 7.90. The predicted octanol–water partition coefficient (Wildman–Crippen LogP) is 3.13. The monoisotopic (exact) mass is 352 g/mol. The highest BCUT2D eigenvalue weighted by molar-refractivity contribution is 7.13. The molecular formula is C19H20N4OS. The zero-order valence-electron chi connectivity index (χ0n) is 14.3. The Morgan fingerprint density at radius 3 is 2.76 bits per heavy atom. The summed E-state index contributed by atoms with van der Waals surface area (Å²) >= 11 is 1.56. The molecule has 0 radical (unpaired) electrons. The quantitative estimate of drug-likeness (QED) is 0.740. The number of thiazole rings is 1. The second-order valence-corrected chi connectivity index (χ2v) is 6.74. The van der Waals surface area contributed by atoms with Crippen molar-refractivity contribution in [3.8, 4) is 10.6 Å². The molecule has 0 fully saturated rings. The van der Waals surface area contributed by atoms with Gasteiger partial charge in [0.1, 0.15) is 10.8 Å². The number of carbonyl (C=O) groups is 1. The van der Waals surface area contributed by atoms with Crippen LogP contribution < -0.4 is 10.2 Å². The third kappa shape index (κ3) is 4.64. The van der Waals surface area contributed by atoms with E-state index >= 15 is 0 Å². The lowest BCUT2D eigenvalue weighted by atomic mass is 10.2. The van der Waals surface area contributed by atoms with E-state index in [4.69, 9.17) is 0 Å². The van der Waals surface area contributed by atoms with Crippen LogP contribution in [-0.2, 0) is 17.8 Å². The van der Waals surface area contributed by atoms with Crippen molar-refractivity contribution in [2.75, 3.05) is 19.0 Å². The highest BCUT2D eigenvalue weighted by Gasteiger charge is 2.09. The summed E-state index contributed by atoms with van der Waals surface area (Å²) in [4.78, 5) is 22.9. The molecule has 25 heavy (non-hydrogen) atoms. The van der Waals surface area contributed by atoms with Crippen LogP contribution in [0.3, 0.4) is 0 Å². The van der Waals surface area contributed by atoms with Gasteiger partial charge in [0.15, 0.2) is 0 Å². The molecule has 1 N–H and O–H groups in total. The van der Waals surface area contributed by atoms with Gasteiger partial charge in [-0.2, -0.15) is 0 Å². The van der Waals surface area contributed by atoms with Gasteiger partial charge in [-0.25, -0.2) is 9.97 Å². The van der Waals surface area contributed by atoms with Gasteiger partial charge in [-0.05, 0) is 17.7 Å². The fourth-order valence-electron chi connectivity index (χ4n) is 2.34. The Bertz CT molecular complexity index is 845. The van der Waals surface area contributed by atoms with Crippen LogP contribution in [0.4, 0.5) is 5.82 Å². The Morgan fingerprint density at radius 1 is 1.20 bits per heavy atom. The van der Waals surface area contributed by atoms with Crippen LogP contribution >= 0.6 is 11.3 Å². The van der Waals surface area contributed by atoms with E-state index < -0.39 is 0 Å². The zero-order valence-corrected chi connectivity index (χ0v) is 15.1. The van der Waals surface area contributed by atoms with E-state index in [0.29, 0.717) is 6.54 Å². The molecule has 2 aromatic heterocycles. The van der Waals surface area contributed by atoms with Gasteiger partial charge in [-0.3, -0.25) is 4.79 Å². The molecule has 0 aliphatic heterocycles. The number of carbonyl (C=O) groups excluding carboxylic acids is 1. The van der Waals surface area contributed by atoms with Crippen molar-refractivity contribution in [1.29, 1.82) is 0 Å². The molecule has 0 aliphatic carbocycles. The fourth-order valence-corrected chi connectivity index (χ4v) is 3.17. The van der Waals surface area contributed by atoms with Crippen LogP contribution in [-0.4, -0.2) is 30.0 Å². The highest BCUT2D eigenvalue weighted by atomic mass is 32.1. The first kappa shape index (κ1) is 17.1. The number of rotatable bonds is 6. The summed E-state index contributed by atoms with van der Waals surface area (Å²) < 4.78 is 0. The summed E-state index contributed by atoms with van der Waals surface area (Å²) in [6.45, 7) is 0.484. The number of nitrogens with zero attached hydrogens (tertiary/aromatic N) is 3. The average Bonchev–Trinajstić information content (AvgIpc) is 3.09. The maximum absolute atomic E-state index is 12.2. The molecule has 3 rings (SSSR count). The van der Waals surface area contributed by atoms with E-state index in [9.17, 15) is 4.79 Å². The number of benzene rings is 1. The smallest absolute Gasteiger partial charge is 0.226 e. The van der Waals surface area contributed by atoms with Gasteiger partial charge >= 0.3 is 0 Å². The Kier molecular flexibility index (Phi) is 5.40. The molecule has 5 nitrogen and oxygen atoms in total. The number of hydrogen-bond acceptors (Lipinski definition) is 5. The summed E-state index contributed by atoms with van der Waals surface area (Å²) in [5.41, 5.74) is 2.90. The molecule has 0 spiro atoms. The fraction of sp³-hybridized carbons (Fsp3) is 0.211. The first-order valence-corrected chi connectivity index (χ1v) is 8.88. The van der Waals surface area contributed by atoms with Crippen molar-refractivity contribution in [3.63, 3.8) is 0 Å². The lowest BCUT2D eigenvalue weighted by molar-refractivity contribution is -0.120. The summed E-state index contributed by atoms with van der Waals surface area (Å²) in [6, 6.07) is 13.9. The van der Waals surface area contributed by atoms with Crippen LogP contribution in [0.25, 0.3) is 10.6 Å². The Hall–Kier alpha value is -2.73. The third-order valence-corrected chi connectivity index (χ3v) is 4.61. The number of anilines is 1. The van der Waals surface area contributed by atoms with Gasteiger partial charge in [0, 0.05) is 37.8 Å². The lowest BCUT2D eigenvalue weighted by Crippen LogP contribution is -2.24. The standard InChI is InChI=1S/C19H20N4OS/c1-23(2)17-10-14(8-9-20-17)12-21-18(24)11-16-13-25-19(22-16)15-6-4-3-5-7-15/h3-10,13H,11-12H2,1-2H3,(H,21,24). The Balaban J connectivity index is 1.56. The van der Waals surface area contributed by atoms with Crippen LogP contribution in [0, 0.1) is 0 Å². The maximum atomic E-state index is 12.2. The van der Waals surface area contributed by atoms with Gasteiger partial charge in [0.2, 0.25) is 5.91 Å². The summed E-state index contributed by atoms with van der Waals surface area (Å²) in [7, 11) is 3.88. The summed E-state index contributed by atoms with van der Waals surface area (Å²) in [6.07, 6.45) is 2.04. The molecule has 1 amide bonds. The minimum Gasteiger partial charge on any atom is -0.363 e. The lowest BCUT2D eigenvalue weighted by Gasteiger charge is -2.12. The largest absolute Gasteiger partial charge is 0.363 e. The minimum atomic E-state index is -0.0341. The predicted molar refractivity (Wildman–Crippen MR) is 102 cm³/mol. The molecule has 3 aromatic rings. The third-order valence-electron chi connectivity index (χ3n) is 3.67. The van der Waals surface area contributed by atoms with Crippen molar-refractivity contribution < 1.29 is 4.79 Å². The molecule has 2 heterocycles. The molecule has 0 unspecified atom stereocenters. The summed E-state index contributed by atoms with van der Waals surface area (Å²) in [5.74, 6) is 0.840. The van der Waals surface area contributed by atoms with Gasteiger partial charge < -0.3 is 10.2 Å². The first-order valence-electron chi connectivity index (χ1n) is 8.00. The van der Waals surface area contributed by atoms with E-state index in [1.807, 2.05) is 66.8 Å². The molecule has 0 bridgehead atoms. The second-order valence-electron chi connectivity index (χ2n) is 5.88. The summed E-state index contributed by atoms with van der Waals surface area (Å²) in [5, 5.41) is 5.82. The van der Waals surface area contributed by atoms with Gasteiger partial charge in [0.05, 0.1) is 12.1 Å². The SMILES string of the molecule is CN(C)c1cc(CNC(=O)Cc2csc(-c3ccccc3)n2)ccn1. The van der Waals surface area contributed by atoms with Gasteiger partial charge in [0.25, 0.3) is 0 Å². The normalized spacial score (nSPS) is 10.5. The van der Waals surface area contributed by atoms with Gasteiger partial charge in [-0.1, -0.05) is 30.3 Å². The van der Waals surface area contributed by atoms with E-state index in [2.05, 4.69) is 15.3 Å². The van der Waals surface area contributed by atoms with Crippen LogP contribution in [0.15, 0.2) is 54.0 Å². The number of nitrogens with one attached hydrogen (secondary N) is 1. The van der Waals surface area contributed by atoms with E-state index in [0.717, 1.165) is 27.6 Å². The number of amides is 1. The van der Waals surface area contributed by atoms with Gasteiger partial charge in [-0.15, -0.1) is 11.3 Å². The molecular weight excluding hydrogens is 332 g/mol. The zero-order chi connectivity index (χ0) is 17.6. The average molecular weight is 352 g/mol. The molecule has 1 aromatic carbocycles. The van der Waals surface area contributed by atoms with E-state index in [1.54, 1.807) is 17.5 Å². The molecule has 0 aliphatic rings. The first-order chi connectivity index (χ1) is 12.1. The van der Waals surface area contributed by atoms with E-state index in [1.165, 1.54) is 0 Å². The molecule has 0 saturated carbocycles. The molecule has 0 atom stereocenters.